The fourth-order valence-corrected chi connectivity index (χ4v) is 1.92. The van der Waals surface area contributed by atoms with Gasteiger partial charge in [-0.1, -0.05) is 6.07 Å². The number of aromatic nitrogens is 1. The smallest absolute Gasteiger partial charge is 0.141 e. The molecule has 1 heterocycles. The van der Waals surface area contributed by atoms with E-state index in [1.54, 1.807) is 12.3 Å². The molecule has 1 atom stereocenters. The fourth-order valence-electron chi connectivity index (χ4n) is 1.92. The lowest BCUT2D eigenvalue weighted by Crippen LogP contribution is -2.16. The lowest BCUT2D eigenvalue weighted by atomic mass is 9.99. The van der Waals surface area contributed by atoms with Gasteiger partial charge in [0.1, 0.15) is 17.4 Å². The van der Waals surface area contributed by atoms with Crippen molar-refractivity contribution in [1.82, 2.24) is 4.98 Å². The quantitative estimate of drug-likeness (QED) is 0.923. The summed E-state index contributed by atoms with van der Waals surface area (Å²) in [6.07, 6.45) is 3.14. The number of pyridine rings is 1. The normalized spacial score (nSPS) is 12.2. The van der Waals surface area contributed by atoms with Crippen LogP contribution in [0.1, 0.15) is 17.2 Å². The van der Waals surface area contributed by atoms with Crippen LogP contribution in [0.15, 0.2) is 36.7 Å². The molecule has 1 aromatic carbocycles. The molecule has 19 heavy (non-hydrogen) atoms. The van der Waals surface area contributed by atoms with E-state index in [0.717, 1.165) is 0 Å². The molecule has 1 aromatic heterocycles. The zero-order valence-electron chi connectivity index (χ0n) is 10.4. The molecule has 5 heteroatoms. The average molecular weight is 264 g/mol. The van der Waals surface area contributed by atoms with Crippen molar-refractivity contribution >= 4 is 0 Å². The van der Waals surface area contributed by atoms with Gasteiger partial charge in [-0.3, -0.25) is 4.98 Å². The van der Waals surface area contributed by atoms with Crippen molar-refractivity contribution in [3.8, 4) is 5.75 Å². The van der Waals surface area contributed by atoms with Gasteiger partial charge in [0, 0.05) is 23.4 Å². The summed E-state index contributed by atoms with van der Waals surface area (Å²) in [6.45, 7) is 0. The van der Waals surface area contributed by atoms with E-state index in [0.29, 0.717) is 11.3 Å². The maximum absolute atomic E-state index is 13.6. The van der Waals surface area contributed by atoms with Gasteiger partial charge in [-0.05, 0) is 24.6 Å². The SMILES string of the molecule is COc1cnccc1C(N)Cc1c(F)cccc1F. The summed E-state index contributed by atoms with van der Waals surface area (Å²) in [5.41, 5.74) is 6.65. The Hall–Kier alpha value is -2.01. The van der Waals surface area contributed by atoms with Crippen molar-refractivity contribution in [3.05, 3.63) is 59.4 Å². The number of halogens is 2. The molecule has 1 unspecified atom stereocenters. The Morgan fingerprint density at radius 2 is 1.95 bits per heavy atom. The molecular formula is C14H14F2N2O. The monoisotopic (exact) mass is 264 g/mol. The third-order valence-corrected chi connectivity index (χ3v) is 2.92. The number of methoxy groups -OCH3 is 1. The van der Waals surface area contributed by atoms with E-state index in [-0.39, 0.29) is 12.0 Å². The van der Waals surface area contributed by atoms with Crippen LogP contribution in [0.25, 0.3) is 0 Å². The van der Waals surface area contributed by atoms with Crippen LogP contribution in [0.5, 0.6) is 5.75 Å². The van der Waals surface area contributed by atoms with E-state index < -0.39 is 17.7 Å². The third-order valence-electron chi connectivity index (χ3n) is 2.92. The molecule has 2 aromatic rings. The molecule has 0 aliphatic heterocycles. The largest absolute Gasteiger partial charge is 0.495 e. The number of nitrogens with two attached hydrogens (primary N) is 1. The van der Waals surface area contributed by atoms with E-state index in [4.69, 9.17) is 10.5 Å². The second-order valence-corrected chi connectivity index (χ2v) is 4.13. The number of nitrogens with zero attached hydrogens (tertiary/aromatic N) is 1. The molecule has 0 amide bonds. The molecule has 0 saturated carbocycles. The molecule has 0 spiro atoms. The van der Waals surface area contributed by atoms with Gasteiger partial charge in [0.25, 0.3) is 0 Å². The standard InChI is InChI=1S/C14H14F2N2O/c1-19-14-8-18-6-5-9(14)13(17)7-10-11(15)3-2-4-12(10)16/h2-6,8,13H,7,17H2,1H3. The predicted molar refractivity (Wildman–Crippen MR) is 67.8 cm³/mol. The Labute approximate surface area is 110 Å². The average Bonchev–Trinajstić information content (AvgIpc) is 2.42. The first-order valence-electron chi connectivity index (χ1n) is 5.80. The summed E-state index contributed by atoms with van der Waals surface area (Å²) in [6, 6.07) is 4.88. The molecule has 0 saturated heterocycles. The van der Waals surface area contributed by atoms with Gasteiger partial charge < -0.3 is 10.5 Å². The third kappa shape index (κ3) is 2.88. The number of benzene rings is 1. The Morgan fingerprint density at radius 3 is 2.58 bits per heavy atom. The second kappa shape index (κ2) is 5.75. The minimum atomic E-state index is -0.594. The van der Waals surface area contributed by atoms with Crippen molar-refractivity contribution < 1.29 is 13.5 Å². The lowest BCUT2D eigenvalue weighted by Gasteiger charge is -2.16. The number of hydrogen-bond acceptors (Lipinski definition) is 3. The Bertz CT molecular complexity index is 555. The zero-order chi connectivity index (χ0) is 13.8. The number of hydrogen-bond donors (Lipinski definition) is 1. The Kier molecular flexibility index (Phi) is 4.06. The summed E-state index contributed by atoms with van der Waals surface area (Å²) in [5, 5.41) is 0. The van der Waals surface area contributed by atoms with Crippen molar-refractivity contribution in [2.45, 2.75) is 12.5 Å². The van der Waals surface area contributed by atoms with Gasteiger partial charge in [0.15, 0.2) is 0 Å². The fraction of sp³-hybridized carbons (Fsp3) is 0.214. The summed E-state index contributed by atoms with van der Waals surface area (Å²) in [5.74, 6) is -0.682. The highest BCUT2D eigenvalue weighted by Gasteiger charge is 2.17. The maximum Gasteiger partial charge on any atom is 0.141 e. The van der Waals surface area contributed by atoms with Crippen LogP contribution < -0.4 is 10.5 Å². The van der Waals surface area contributed by atoms with Gasteiger partial charge in [-0.25, -0.2) is 8.78 Å². The molecule has 2 N–H and O–H groups in total. The van der Waals surface area contributed by atoms with Gasteiger partial charge in [0.2, 0.25) is 0 Å². The molecule has 0 aliphatic rings. The second-order valence-electron chi connectivity index (χ2n) is 4.13. The first-order chi connectivity index (χ1) is 9.13. The molecule has 3 nitrogen and oxygen atoms in total. The minimum Gasteiger partial charge on any atom is -0.495 e. The maximum atomic E-state index is 13.6. The molecule has 0 fully saturated rings. The van der Waals surface area contributed by atoms with Crippen LogP contribution in [0.3, 0.4) is 0 Å². The number of ether oxygens (including phenoxy) is 1. The first-order valence-corrected chi connectivity index (χ1v) is 5.80. The highest BCUT2D eigenvalue weighted by molar-refractivity contribution is 5.34. The van der Waals surface area contributed by atoms with Crippen molar-refractivity contribution in [2.24, 2.45) is 5.73 Å². The predicted octanol–water partition coefficient (Wildman–Crippen LogP) is 2.61. The summed E-state index contributed by atoms with van der Waals surface area (Å²) in [7, 11) is 1.50. The molecule has 0 aliphatic carbocycles. The van der Waals surface area contributed by atoms with Crippen LogP contribution in [0, 0.1) is 11.6 Å². The molecule has 0 radical (unpaired) electrons. The van der Waals surface area contributed by atoms with Crippen LogP contribution in [0.4, 0.5) is 8.78 Å². The lowest BCUT2D eigenvalue weighted by molar-refractivity contribution is 0.402. The number of rotatable bonds is 4. The van der Waals surface area contributed by atoms with Crippen LogP contribution in [-0.4, -0.2) is 12.1 Å². The molecule has 100 valence electrons. The first kappa shape index (κ1) is 13.4. The Morgan fingerprint density at radius 1 is 1.26 bits per heavy atom. The van der Waals surface area contributed by atoms with Crippen LogP contribution in [-0.2, 0) is 6.42 Å². The van der Waals surface area contributed by atoms with Crippen LogP contribution >= 0.6 is 0 Å². The molecule has 0 bridgehead atoms. The highest BCUT2D eigenvalue weighted by Crippen LogP contribution is 2.26. The summed E-state index contributed by atoms with van der Waals surface area (Å²) >= 11 is 0. The molecule has 2 rings (SSSR count). The van der Waals surface area contributed by atoms with Crippen LogP contribution in [0.2, 0.25) is 0 Å². The van der Waals surface area contributed by atoms with Gasteiger partial charge in [0.05, 0.1) is 13.3 Å². The van der Waals surface area contributed by atoms with Gasteiger partial charge >= 0.3 is 0 Å². The van der Waals surface area contributed by atoms with Crippen molar-refractivity contribution in [1.29, 1.82) is 0 Å². The van der Waals surface area contributed by atoms with E-state index in [2.05, 4.69) is 4.98 Å². The van der Waals surface area contributed by atoms with E-state index in [9.17, 15) is 8.78 Å². The minimum absolute atomic E-state index is 0.0196. The van der Waals surface area contributed by atoms with Gasteiger partial charge in [-0.15, -0.1) is 0 Å². The van der Waals surface area contributed by atoms with Crippen molar-refractivity contribution in [2.75, 3.05) is 7.11 Å². The van der Waals surface area contributed by atoms with Gasteiger partial charge in [-0.2, -0.15) is 0 Å². The Balaban J connectivity index is 2.28. The topological polar surface area (TPSA) is 48.1 Å². The molecular weight excluding hydrogens is 250 g/mol. The summed E-state index contributed by atoms with van der Waals surface area (Å²) in [4.78, 5) is 3.91. The highest BCUT2D eigenvalue weighted by atomic mass is 19.1. The zero-order valence-corrected chi connectivity index (χ0v) is 10.4. The van der Waals surface area contributed by atoms with Crippen molar-refractivity contribution in [3.63, 3.8) is 0 Å². The van der Waals surface area contributed by atoms with E-state index >= 15 is 0 Å². The van der Waals surface area contributed by atoms with E-state index in [1.165, 1.54) is 31.5 Å². The summed E-state index contributed by atoms with van der Waals surface area (Å²) < 4.78 is 32.3. The van der Waals surface area contributed by atoms with E-state index in [1.807, 2.05) is 0 Å².